The zero-order valence-electron chi connectivity index (χ0n) is 8.97. The summed E-state index contributed by atoms with van der Waals surface area (Å²) in [5, 5.41) is 8.98. The molecule has 1 aromatic rings. The highest BCUT2D eigenvalue weighted by Crippen LogP contribution is 2.18. The van der Waals surface area contributed by atoms with Crippen LogP contribution in [0.1, 0.15) is 10.4 Å². The summed E-state index contributed by atoms with van der Waals surface area (Å²) in [7, 11) is 2.22. The van der Waals surface area contributed by atoms with Crippen LogP contribution in [0.4, 0.5) is 0 Å². The average molecular weight is 224 g/mol. The summed E-state index contributed by atoms with van der Waals surface area (Å²) in [6, 6.07) is 7.98. The first-order valence-electron chi connectivity index (χ1n) is 4.52. The summed E-state index contributed by atoms with van der Waals surface area (Å²) in [5.41, 5.74) is 0.216. The maximum Gasteiger partial charge on any atom is 0.373 e. The van der Waals surface area contributed by atoms with Gasteiger partial charge in [-0.1, -0.05) is 30.3 Å². The minimum atomic E-state index is -2.28. The zero-order chi connectivity index (χ0) is 12.2. The van der Waals surface area contributed by atoms with Crippen molar-refractivity contribution in [1.29, 1.82) is 0 Å². The predicted molar refractivity (Wildman–Crippen MR) is 55.2 cm³/mol. The van der Waals surface area contributed by atoms with Crippen molar-refractivity contribution in [1.82, 2.24) is 0 Å². The first-order valence-corrected chi connectivity index (χ1v) is 4.52. The number of ketones is 1. The number of rotatable bonds is 5. The molecule has 0 aromatic heterocycles. The lowest BCUT2D eigenvalue weighted by atomic mass is 10.0. The van der Waals surface area contributed by atoms with Gasteiger partial charge in [-0.2, -0.15) is 0 Å². The number of methoxy groups -OCH3 is 2. The van der Waals surface area contributed by atoms with Gasteiger partial charge in [0, 0.05) is 19.8 Å². The second kappa shape index (κ2) is 4.87. The molecule has 0 saturated carbocycles. The number of ether oxygens (including phenoxy) is 2. The average Bonchev–Trinajstić information content (AvgIpc) is 2.32. The molecule has 0 aliphatic heterocycles. The molecule has 0 bridgehead atoms. The largest absolute Gasteiger partial charge is 0.477 e. The van der Waals surface area contributed by atoms with Crippen LogP contribution in [0.5, 0.6) is 0 Å². The highest BCUT2D eigenvalue weighted by atomic mass is 16.7. The molecular weight excluding hydrogens is 212 g/mol. The van der Waals surface area contributed by atoms with E-state index in [9.17, 15) is 9.59 Å². The van der Waals surface area contributed by atoms with Crippen molar-refractivity contribution in [3.63, 3.8) is 0 Å². The highest BCUT2D eigenvalue weighted by Gasteiger charge is 2.47. The molecule has 5 nitrogen and oxygen atoms in total. The topological polar surface area (TPSA) is 72.8 Å². The molecule has 1 N–H and O–H groups in total. The third-order valence-electron chi connectivity index (χ3n) is 2.19. The lowest BCUT2D eigenvalue weighted by molar-refractivity contribution is -0.203. The lowest BCUT2D eigenvalue weighted by Crippen LogP contribution is -2.50. The molecule has 0 aliphatic carbocycles. The number of carboxylic acids is 1. The van der Waals surface area contributed by atoms with Crippen molar-refractivity contribution in [3.8, 4) is 0 Å². The fraction of sp³-hybridized carbons (Fsp3) is 0.273. The monoisotopic (exact) mass is 224 g/mol. The molecule has 86 valence electrons. The van der Waals surface area contributed by atoms with E-state index < -0.39 is 17.5 Å². The number of aliphatic carboxylic acids is 1. The minimum Gasteiger partial charge on any atom is -0.477 e. The van der Waals surface area contributed by atoms with E-state index >= 15 is 0 Å². The van der Waals surface area contributed by atoms with E-state index in [1.807, 2.05) is 0 Å². The van der Waals surface area contributed by atoms with Gasteiger partial charge in [-0.25, -0.2) is 4.79 Å². The van der Waals surface area contributed by atoms with Crippen LogP contribution >= 0.6 is 0 Å². The summed E-state index contributed by atoms with van der Waals surface area (Å²) >= 11 is 0. The summed E-state index contributed by atoms with van der Waals surface area (Å²) in [6.07, 6.45) is 0. The van der Waals surface area contributed by atoms with Crippen LogP contribution in [-0.2, 0) is 14.3 Å². The Labute approximate surface area is 92.6 Å². The smallest absolute Gasteiger partial charge is 0.373 e. The van der Waals surface area contributed by atoms with Gasteiger partial charge in [0.05, 0.1) is 0 Å². The molecule has 0 saturated heterocycles. The van der Waals surface area contributed by atoms with E-state index in [1.165, 1.54) is 12.1 Å². The van der Waals surface area contributed by atoms with Crippen LogP contribution in [0, 0.1) is 0 Å². The van der Waals surface area contributed by atoms with Crippen molar-refractivity contribution >= 4 is 11.8 Å². The molecule has 0 spiro atoms. The molecule has 16 heavy (non-hydrogen) atoms. The summed E-state index contributed by atoms with van der Waals surface area (Å²) in [5.74, 6) is -4.50. The number of benzene rings is 1. The number of Topliss-reactive ketones (excluding diaryl/α,β-unsaturated/α-hetero) is 1. The van der Waals surface area contributed by atoms with E-state index in [-0.39, 0.29) is 5.56 Å². The normalized spacial score (nSPS) is 11.1. The van der Waals surface area contributed by atoms with Gasteiger partial charge in [-0.15, -0.1) is 0 Å². The Bertz CT molecular complexity index is 381. The summed E-state index contributed by atoms with van der Waals surface area (Å²) in [6.45, 7) is 0. The van der Waals surface area contributed by atoms with E-state index in [0.717, 1.165) is 14.2 Å². The third kappa shape index (κ3) is 1.95. The molecule has 0 radical (unpaired) electrons. The Morgan fingerprint density at radius 3 is 2.00 bits per heavy atom. The first kappa shape index (κ1) is 12.4. The number of hydrogen-bond donors (Lipinski definition) is 1. The van der Waals surface area contributed by atoms with Crippen LogP contribution < -0.4 is 0 Å². The van der Waals surface area contributed by atoms with Crippen LogP contribution in [0.3, 0.4) is 0 Å². The quantitative estimate of drug-likeness (QED) is 0.458. The minimum absolute atomic E-state index is 0.216. The molecule has 0 unspecified atom stereocenters. The second-order valence-corrected chi connectivity index (χ2v) is 3.03. The Kier molecular flexibility index (Phi) is 3.76. The van der Waals surface area contributed by atoms with Gasteiger partial charge in [0.15, 0.2) is 0 Å². The standard InChI is InChI=1S/C11H12O5/c1-15-11(16-2,10(13)14)9(12)8-6-4-3-5-7-8/h3-7H,1-2H3,(H,13,14). The van der Waals surface area contributed by atoms with Gasteiger partial charge < -0.3 is 14.6 Å². The van der Waals surface area contributed by atoms with Crippen LogP contribution in [-0.4, -0.2) is 36.9 Å². The van der Waals surface area contributed by atoms with Gasteiger partial charge in [0.1, 0.15) is 0 Å². The third-order valence-corrected chi connectivity index (χ3v) is 2.19. The van der Waals surface area contributed by atoms with Crippen molar-refractivity contribution in [2.45, 2.75) is 5.79 Å². The van der Waals surface area contributed by atoms with Gasteiger partial charge in [0.25, 0.3) is 0 Å². The number of carbonyl (C=O) groups is 2. The molecule has 1 rings (SSSR count). The highest BCUT2D eigenvalue weighted by molar-refractivity contribution is 6.13. The number of carbonyl (C=O) groups excluding carboxylic acids is 1. The van der Waals surface area contributed by atoms with Gasteiger partial charge in [-0.05, 0) is 0 Å². The summed E-state index contributed by atoms with van der Waals surface area (Å²) < 4.78 is 9.39. The first-order chi connectivity index (χ1) is 7.58. The van der Waals surface area contributed by atoms with E-state index in [4.69, 9.17) is 14.6 Å². The van der Waals surface area contributed by atoms with Crippen LogP contribution in [0.25, 0.3) is 0 Å². The predicted octanol–water partition coefficient (Wildman–Crippen LogP) is 0.943. The van der Waals surface area contributed by atoms with Crippen LogP contribution in [0.2, 0.25) is 0 Å². The van der Waals surface area contributed by atoms with Gasteiger partial charge >= 0.3 is 11.8 Å². The summed E-state index contributed by atoms with van der Waals surface area (Å²) in [4.78, 5) is 23.0. The molecular formula is C11H12O5. The molecule has 1 aromatic carbocycles. The molecule has 0 aliphatic rings. The van der Waals surface area contributed by atoms with Gasteiger partial charge in [0.2, 0.25) is 5.78 Å². The van der Waals surface area contributed by atoms with E-state index in [1.54, 1.807) is 18.2 Å². The van der Waals surface area contributed by atoms with Crippen molar-refractivity contribution in [2.24, 2.45) is 0 Å². The Morgan fingerprint density at radius 2 is 1.62 bits per heavy atom. The molecule has 0 heterocycles. The zero-order valence-corrected chi connectivity index (χ0v) is 8.97. The Balaban J connectivity index is 3.15. The molecule has 0 amide bonds. The van der Waals surface area contributed by atoms with E-state index in [2.05, 4.69) is 0 Å². The Hall–Kier alpha value is -1.72. The van der Waals surface area contributed by atoms with Crippen LogP contribution in [0.15, 0.2) is 30.3 Å². The van der Waals surface area contributed by atoms with Crippen molar-refractivity contribution in [3.05, 3.63) is 35.9 Å². The molecule has 0 atom stereocenters. The molecule has 5 heteroatoms. The SMILES string of the molecule is COC(OC)(C(=O)O)C(=O)c1ccccc1. The Morgan fingerprint density at radius 1 is 1.12 bits per heavy atom. The second-order valence-electron chi connectivity index (χ2n) is 3.03. The maximum absolute atomic E-state index is 11.9. The fourth-order valence-corrected chi connectivity index (χ4v) is 1.32. The van der Waals surface area contributed by atoms with Gasteiger partial charge in [-0.3, -0.25) is 4.79 Å². The van der Waals surface area contributed by atoms with Crippen molar-refractivity contribution < 1.29 is 24.2 Å². The number of carboxylic acid groups (broad SMARTS) is 1. The fourth-order valence-electron chi connectivity index (χ4n) is 1.32. The molecule has 0 fully saturated rings. The maximum atomic E-state index is 11.9. The van der Waals surface area contributed by atoms with Crippen molar-refractivity contribution in [2.75, 3.05) is 14.2 Å². The number of hydrogen-bond acceptors (Lipinski definition) is 4. The lowest BCUT2D eigenvalue weighted by Gasteiger charge is -2.24. The van der Waals surface area contributed by atoms with E-state index in [0.29, 0.717) is 0 Å².